The van der Waals surface area contributed by atoms with E-state index in [1.54, 1.807) is 29.2 Å². The number of hydrogen-bond donors (Lipinski definition) is 2. The molecule has 30 heavy (non-hydrogen) atoms. The molecule has 0 aromatic heterocycles. The third kappa shape index (κ3) is 7.59. The van der Waals surface area contributed by atoms with E-state index in [4.69, 9.17) is 12.2 Å². The summed E-state index contributed by atoms with van der Waals surface area (Å²) in [5.74, 6) is -0.133. The van der Waals surface area contributed by atoms with Crippen molar-refractivity contribution in [3.05, 3.63) is 60.2 Å². The zero-order chi connectivity index (χ0) is 21.8. The number of carbonyl (C=O) groups is 2. The lowest BCUT2D eigenvalue weighted by atomic mass is 10.1. The van der Waals surface area contributed by atoms with E-state index in [9.17, 15) is 9.59 Å². The van der Waals surface area contributed by atoms with E-state index >= 15 is 0 Å². The summed E-state index contributed by atoms with van der Waals surface area (Å²) in [5.41, 5.74) is 2.18. The Labute approximate surface area is 184 Å². The van der Waals surface area contributed by atoms with Gasteiger partial charge in [-0.3, -0.25) is 9.59 Å². The Kier molecular flexibility index (Phi) is 10.0. The van der Waals surface area contributed by atoms with E-state index in [2.05, 4.69) is 17.6 Å². The van der Waals surface area contributed by atoms with Crippen molar-refractivity contribution >= 4 is 40.5 Å². The molecule has 0 atom stereocenters. The van der Waals surface area contributed by atoms with Crippen LogP contribution in [0.3, 0.4) is 0 Å². The summed E-state index contributed by atoms with van der Waals surface area (Å²) in [7, 11) is 0. The number of nitrogens with zero attached hydrogens (tertiary/aromatic N) is 1. The lowest BCUT2D eigenvalue weighted by Crippen LogP contribution is -2.34. The molecule has 0 spiro atoms. The van der Waals surface area contributed by atoms with Gasteiger partial charge in [0, 0.05) is 29.9 Å². The van der Waals surface area contributed by atoms with E-state index in [0.717, 1.165) is 30.6 Å². The molecular weight excluding hydrogens is 394 g/mol. The minimum absolute atomic E-state index is 0.0609. The first-order valence-electron chi connectivity index (χ1n) is 10.6. The summed E-state index contributed by atoms with van der Waals surface area (Å²) in [6.45, 7) is 4.70. The maximum Gasteiger partial charge on any atom is 0.258 e. The van der Waals surface area contributed by atoms with Gasteiger partial charge in [0.15, 0.2) is 5.11 Å². The summed E-state index contributed by atoms with van der Waals surface area (Å²) < 4.78 is 0. The maximum atomic E-state index is 12.8. The zero-order valence-corrected chi connectivity index (χ0v) is 18.6. The molecule has 2 aromatic carbocycles. The standard InChI is InChI=1S/C24H31N3O2S/c1-3-5-6-7-11-14-22(28)26-24(30)25-20-17-15-19(16-18-20)23(29)27(4-2)21-12-9-8-10-13-21/h8-10,12-13,15-18H,3-7,11,14H2,1-2H3,(H2,25,26,28,30). The van der Waals surface area contributed by atoms with E-state index in [1.165, 1.54) is 12.8 Å². The Morgan fingerprint density at radius 2 is 1.57 bits per heavy atom. The maximum absolute atomic E-state index is 12.8. The fourth-order valence-corrected chi connectivity index (χ4v) is 3.38. The monoisotopic (exact) mass is 425 g/mol. The summed E-state index contributed by atoms with van der Waals surface area (Å²) >= 11 is 5.22. The first-order chi connectivity index (χ1) is 14.5. The SMILES string of the molecule is CCCCCCCC(=O)NC(=S)Nc1ccc(C(=O)N(CC)c2ccccc2)cc1. The van der Waals surface area contributed by atoms with Crippen molar-refractivity contribution in [3.8, 4) is 0 Å². The Morgan fingerprint density at radius 3 is 2.20 bits per heavy atom. The van der Waals surface area contributed by atoms with Gasteiger partial charge in [0.1, 0.15) is 0 Å². The highest BCUT2D eigenvalue weighted by molar-refractivity contribution is 7.80. The second-order valence-corrected chi connectivity index (χ2v) is 7.54. The van der Waals surface area contributed by atoms with Crippen LogP contribution in [-0.4, -0.2) is 23.5 Å². The van der Waals surface area contributed by atoms with Gasteiger partial charge >= 0.3 is 0 Å². The fourth-order valence-electron chi connectivity index (χ4n) is 3.14. The van der Waals surface area contributed by atoms with E-state index in [0.29, 0.717) is 18.5 Å². The summed E-state index contributed by atoms with van der Waals surface area (Å²) in [5, 5.41) is 5.98. The molecule has 0 unspecified atom stereocenters. The molecule has 0 aliphatic heterocycles. The van der Waals surface area contributed by atoms with Gasteiger partial charge in [0.2, 0.25) is 5.91 Å². The third-order valence-electron chi connectivity index (χ3n) is 4.78. The molecule has 0 bridgehead atoms. The highest BCUT2D eigenvalue weighted by Gasteiger charge is 2.15. The van der Waals surface area contributed by atoms with Crippen molar-refractivity contribution < 1.29 is 9.59 Å². The number of unbranched alkanes of at least 4 members (excludes halogenated alkanes) is 4. The molecule has 160 valence electrons. The molecule has 0 saturated heterocycles. The molecular formula is C24H31N3O2S. The zero-order valence-electron chi connectivity index (χ0n) is 17.8. The number of amides is 2. The molecule has 2 rings (SSSR count). The average Bonchev–Trinajstić information content (AvgIpc) is 2.75. The van der Waals surface area contributed by atoms with Crippen LogP contribution < -0.4 is 15.5 Å². The lowest BCUT2D eigenvalue weighted by molar-refractivity contribution is -0.119. The quantitative estimate of drug-likeness (QED) is 0.388. The van der Waals surface area contributed by atoms with Crippen LogP contribution in [0.15, 0.2) is 54.6 Å². The van der Waals surface area contributed by atoms with Gasteiger partial charge in [-0.15, -0.1) is 0 Å². The molecule has 0 heterocycles. The average molecular weight is 426 g/mol. The van der Waals surface area contributed by atoms with Crippen molar-refractivity contribution in [2.75, 3.05) is 16.8 Å². The van der Waals surface area contributed by atoms with Gasteiger partial charge in [-0.2, -0.15) is 0 Å². The summed E-state index contributed by atoms with van der Waals surface area (Å²) in [6.07, 6.45) is 5.98. The lowest BCUT2D eigenvalue weighted by Gasteiger charge is -2.21. The fraction of sp³-hybridized carbons (Fsp3) is 0.375. The molecule has 0 aliphatic rings. The van der Waals surface area contributed by atoms with Crippen LogP contribution in [-0.2, 0) is 4.79 Å². The number of rotatable bonds is 10. The number of thiocarbonyl (C=S) groups is 1. The summed E-state index contributed by atoms with van der Waals surface area (Å²) in [6, 6.07) is 16.7. The predicted octanol–water partition coefficient (Wildman–Crippen LogP) is 5.53. The van der Waals surface area contributed by atoms with E-state index in [1.807, 2.05) is 37.3 Å². The molecule has 2 N–H and O–H groups in total. The number of benzene rings is 2. The first-order valence-corrected chi connectivity index (χ1v) is 11.0. The van der Waals surface area contributed by atoms with Gasteiger partial charge in [-0.25, -0.2) is 0 Å². The minimum Gasteiger partial charge on any atom is -0.332 e. The van der Waals surface area contributed by atoms with Crippen LogP contribution in [0.1, 0.15) is 62.7 Å². The van der Waals surface area contributed by atoms with Gasteiger partial charge < -0.3 is 15.5 Å². The van der Waals surface area contributed by atoms with E-state index in [-0.39, 0.29) is 16.9 Å². The number of hydrogen-bond acceptors (Lipinski definition) is 3. The van der Waals surface area contributed by atoms with Crippen LogP contribution in [0.2, 0.25) is 0 Å². The molecule has 6 heteroatoms. The van der Waals surface area contributed by atoms with Gasteiger partial charge in [-0.05, 0) is 62.0 Å². The molecule has 0 radical (unpaired) electrons. The normalized spacial score (nSPS) is 10.3. The molecule has 2 amide bonds. The Morgan fingerprint density at radius 1 is 0.900 bits per heavy atom. The second-order valence-electron chi connectivity index (χ2n) is 7.13. The number of anilines is 2. The Bertz CT molecular complexity index is 822. The number of para-hydroxylation sites is 1. The van der Waals surface area contributed by atoms with Crippen molar-refractivity contribution in [2.24, 2.45) is 0 Å². The second kappa shape index (κ2) is 12.8. The van der Waals surface area contributed by atoms with Crippen LogP contribution in [0.4, 0.5) is 11.4 Å². The number of carbonyl (C=O) groups excluding carboxylic acids is 2. The predicted molar refractivity (Wildman–Crippen MR) is 128 cm³/mol. The van der Waals surface area contributed by atoms with Crippen LogP contribution >= 0.6 is 12.2 Å². The molecule has 0 fully saturated rings. The van der Waals surface area contributed by atoms with Crippen molar-refractivity contribution in [1.82, 2.24) is 5.32 Å². The van der Waals surface area contributed by atoms with Crippen molar-refractivity contribution in [3.63, 3.8) is 0 Å². The first kappa shape index (κ1) is 23.5. The van der Waals surface area contributed by atoms with Crippen LogP contribution in [0.25, 0.3) is 0 Å². The minimum atomic E-state index is -0.0720. The van der Waals surface area contributed by atoms with Gasteiger partial charge in [0.25, 0.3) is 5.91 Å². The van der Waals surface area contributed by atoms with Crippen molar-refractivity contribution in [2.45, 2.75) is 52.4 Å². The van der Waals surface area contributed by atoms with E-state index < -0.39 is 0 Å². The van der Waals surface area contributed by atoms with Crippen molar-refractivity contribution in [1.29, 1.82) is 0 Å². The Balaban J connectivity index is 1.85. The highest BCUT2D eigenvalue weighted by atomic mass is 32.1. The molecule has 0 saturated carbocycles. The Hall–Kier alpha value is -2.73. The van der Waals surface area contributed by atoms with Crippen LogP contribution in [0, 0.1) is 0 Å². The van der Waals surface area contributed by atoms with Crippen LogP contribution in [0.5, 0.6) is 0 Å². The molecule has 0 aliphatic carbocycles. The molecule has 5 nitrogen and oxygen atoms in total. The van der Waals surface area contributed by atoms with Gasteiger partial charge in [0.05, 0.1) is 0 Å². The summed E-state index contributed by atoms with van der Waals surface area (Å²) in [4.78, 5) is 26.5. The smallest absolute Gasteiger partial charge is 0.258 e. The van der Waals surface area contributed by atoms with Gasteiger partial charge in [-0.1, -0.05) is 50.8 Å². The largest absolute Gasteiger partial charge is 0.332 e. The highest BCUT2D eigenvalue weighted by Crippen LogP contribution is 2.18. The molecule has 2 aromatic rings. The third-order valence-corrected chi connectivity index (χ3v) is 4.98. The topological polar surface area (TPSA) is 61.4 Å². The number of nitrogens with one attached hydrogen (secondary N) is 2.